The monoisotopic (exact) mass is 258 g/mol. The topological polar surface area (TPSA) is 42.7 Å². The number of imidazole rings is 1. The zero-order chi connectivity index (χ0) is 14.0. The molecule has 0 aliphatic heterocycles. The SMILES string of the molecule is Cc1cc(-n2ccnc2C)c(CNC(C)(C)C)cn1. The maximum atomic E-state index is 4.41. The number of pyridine rings is 1. The van der Waals surface area contributed by atoms with Gasteiger partial charge in [0.05, 0.1) is 5.69 Å². The third kappa shape index (κ3) is 3.41. The lowest BCUT2D eigenvalue weighted by Gasteiger charge is -2.22. The average molecular weight is 258 g/mol. The van der Waals surface area contributed by atoms with Gasteiger partial charge in [0.15, 0.2) is 0 Å². The zero-order valence-electron chi connectivity index (χ0n) is 12.4. The van der Waals surface area contributed by atoms with Crippen LogP contribution in [0, 0.1) is 13.8 Å². The summed E-state index contributed by atoms with van der Waals surface area (Å²) in [6.07, 6.45) is 5.76. The summed E-state index contributed by atoms with van der Waals surface area (Å²) in [5, 5.41) is 3.51. The summed E-state index contributed by atoms with van der Waals surface area (Å²) >= 11 is 0. The third-order valence-electron chi connectivity index (χ3n) is 2.99. The highest BCUT2D eigenvalue weighted by Crippen LogP contribution is 2.17. The number of rotatable bonds is 3. The fourth-order valence-electron chi connectivity index (χ4n) is 1.93. The maximum absolute atomic E-state index is 4.41. The molecule has 2 heterocycles. The Hall–Kier alpha value is -1.68. The molecule has 2 rings (SSSR count). The van der Waals surface area contributed by atoms with Crippen molar-refractivity contribution in [1.29, 1.82) is 0 Å². The molecule has 19 heavy (non-hydrogen) atoms. The molecule has 0 bridgehead atoms. The number of nitrogens with zero attached hydrogens (tertiary/aromatic N) is 3. The summed E-state index contributed by atoms with van der Waals surface area (Å²) in [4.78, 5) is 8.70. The van der Waals surface area contributed by atoms with Crippen LogP contribution in [0.15, 0.2) is 24.7 Å². The summed E-state index contributed by atoms with van der Waals surface area (Å²) in [7, 11) is 0. The molecule has 0 saturated heterocycles. The van der Waals surface area contributed by atoms with E-state index in [-0.39, 0.29) is 5.54 Å². The fraction of sp³-hybridized carbons (Fsp3) is 0.467. The summed E-state index contributed by atoms with van der Waals surface area (Å²) in [5.74, 6) is 0.989. The first-order valence-corrected chi connectivity index (χ1v) is 6.58. The van der Waals surface area contributed by atoms with Crippen LogP contribution in [0.2, 0.25) is 0 Å². The Labute approximate surface area is 114 Å². The van der Waals surface area contributed by atoms with Crippen molar-refractivity contribution in [3.8, 4) is 5.69 Å². The van der Waals surface area contributed by atoms with Crippen LogP contribution < -0.4 is 5.32 Å². The molecule has 1 N–H and O–H groups in total. The van der Waals surface area contributed by atoms with Crippen molar-refractivity contribution in [3.05, 3.63) is 41.7 Å². The van der Waals surface area contributed by atoms with Crippen molar-refractivity contribution in [1.82, 2.24) is 19.9 Å². The first-order valence-electron chi connectivity index (χ1n) is 6.58. The minimum absolute atomic E-state index is 0.0894. The molecular weight excluding hydrogens is 236 g/mol. The lowest BCUT2D eigenvalue weighted by atomic mass is 10.1. The molecule has 0 atom stereocenters. The van der Waals surface area contributed by atoms with E-state index >= 15 is 0 Å². The van der Waals surface area contributed by atoms with Gasteiger partial charge in [0.2, 0.25) is 0 Å². The molecule has 0 aliphatic rings. The number of hydrogen-bond acceptors (Lipinski definition) is 3. The van der Waals surface area contributed by atoms with E-state index in [4.69, 9.17) is 0 Å². The van der Waals surface area contributed by atoms with Gasteiger partial charge in [-0.3, -0.25) is 4.98 Å². The molecule has 0 aliphatic carbocycles. The first kappa shape index (κ1) is 13.7. The highest BCUT2D eigenvalue weighted by molar-refractivity contribution is 5.41. The summed E-state index contributed by atoms with van der Waals surface area (Å²) in [6, 6.07) is 2.11. The number of hydrogen-bond donors (Lipinski definition) is 1. The fourth-order valence-corrected chi connectivity index (χ4v) is 1.93. The zero-order valence-corrected chi connectivity index (χ0v) is 12.4. The van der Waals surface area contributed by atoms with Crippen molar-refractivity contribution in [2.75, 3.05) is 0 Å². The van der Waals surface area contributed by atoms with E-state index in [0.29, 0.717) is 0 Å². The molecule has 2 aromatic rings. The van der Waals surface area contributed by atoms with Gasteiger partial charge in [-0.25, -0.2) is 4.98 Å². The first-order chi connectivity index (χ1) is 8.87. The second-order valence-corrected chi connectivity index (χ2v) is 5.90. The van der Waals surface area contributed by atoms with Gasteiger partial charge in [-0.05, 0) is 40.7 Å². The Bertz CT molecular complexity index is 564. The van der Waals surface area contributed by atoms with E-state index in [1.165, 1.54) is 5.56 Å². The minimum atomic E-state index is 0.0894. The molecule has 4 heteroatoms. The normalized spacial score (nSPS) is 11.8. The van der Waals surface area contributed by atoms with E-state index in [2.05, 4.69) is 46.7 Å². The maximum Gasteiger partial charge on any atom is 0.110 e. The van der Waals surface area contributed by atoms with Crippen molar-refractivity contribution in [2.24, 2.45) is 0 Å². The number of aromatic nitrogens is 3. The molecule has 0 aromatic carbocycles. The highest BCUT2D eigenvalue weighted by atomic mass is 15.1. The van der Waals surface area contributed by atoms with Crippen LogP contribution in [0.1, 0.15) is 37.9 Å². The van der Waals surface area contributed by atoms with E-state index in [1.807, 2.05) is 32.4 Å². The van der Waals surface area contributed by atoms with Gasteiger partial charge in [-0.2, -0.15) is 0 Å². The van der Waals surface area contributed by atoms with E-state index in [9.17, 15) is 0 Å². The molecule has 0 saturated carbocycles. The van der Waals surface area contributed by atoms with Crippen molar-refractivity contribution in [2.45, 2.75) is 46.7 Å². The van der Waals surface area contributed by atoms with Crippen LogP contribution in [-0.2, 0) is 6.54 Å². The van der Waals surface area contributed by atoms with Crippen LogP contribution >= 0.6 is 0 Å². The second kappa shape index (κ2) is 5.13. The second-order valence-electron chi connectivity index (χ2n) is 5.90. The predicted octanol–water partition coefficient (Wildman–Crippen LogP) is 2.77. The predicted molar refractivity (Wildman–Crippen MR) is 77.4 cm³/mol. The van der Waals surface area contributed by atoms with Gasteiger partial charge in [-0.1, -0.05) is 0 Å². The smallest absolute Gasteiger partial charge is 0.110 e. The van der Waals surface area contributed by atoms with Crippen LogP contribution in [0.5, 0.6) is 0 Å². The van der Waals surface area contributed by atoms with E-state index in [0.717, 1.165) is 23.8 Å². The molecule has 0 spiro atoms. The standard InChI is InChI=1S/C15H22N4/c1-11-8-14(19-7-6-16-12(19)2)13(9-17-11)10-18-15(3,4)5/h6-9,18H,10H2,1-5H3. The van der Waals surface area contributed by atoms with Crippen LogP contribution in [0.4, 0.5) is 0 Å². The highest BCUT2D eigenvalue weighted by Gasteiger charge is 2.12. The van der Waals surface area contributed by atoms with Gasteiger partial charge in [0.25, 0.3) is 0 Å². The summed E-state index contributed by atoms with van der Waals surface area (Å²) in [5.41, 5.74) is 3.44. The molecule has 0 unspecified atom stereocenters. The van der Waals surface area contributed by atoms with Crippen molar-refractivity contribution in [3.63, 3.8) is 0 Å². The number of aryl methyl sites for hydroxylation is 2. The van der Waals surface area contributed by atoms with Gasteiger partial charge in [0.1, 0.15) is 5.82 Å². The summed E-state index contributed by atoms with van der Waals surface area (Å²) < 4.78 is 2.11. The van der Waals surface area contributed by atoms with Crippen LogP contribution in [0.3, 0.4) is 0 Å². The van der Waals surface area contributed by atoms with Crippen LogP contribution in [0.25, 0.3) is 5.69 Å². The molecular formula is C15H22N4. The lowest BCUT2D eigenvalue weighted by Crippen LogP contribution is -2.35. The van der Waals surface area contributed by atoms with Gasteiger partial charge in [0, 0.05) is 41.9 Å². The Morgan fingerprint density at radius 2 is 1.95 bits per heavy atom. The Morgan fingerprint density at radius 1 is 1.21 bits per heavy atom. The molecule has 0 amide bonds. The summed E-state index contributed by atoms with van der Waals surface area (Å²) in [6.45, 7) is 11.3. The Morgan fingerprint density at radius 3 is 2.53 bits per heavy atom. The van der Waals surface area contributed by atoms with Crippen molar-refractivity contribution < 1.29 is 0 Å². The molecule has 0 radical (unpaired) electrons. The molecule has 102 valence electrons. The van der Waals surface area contributed by atoms with Crippen molar-refractivity contribution >= 4 is 0 Å². The largest absolute Gasteiger partial charge is 0.308 e. The van der Waals surface area contributed by atoms with Gasteiger partial charge < -0.3 is 9.88 Å². The quantitative estimate of drug-likeness (QED) is 0.920. The van der Waals surface area contributed by atoms with Crippen LogP contribution in [-0.4, -0.2) is 20.1 Å². The molecule has 4 nitrogen and oxygen atoms in total. The Balaban J connectivity index is 2.36. The lowest BCUT2D eigenvalue weighted by molar-refractivity contribution is 0.423. The Kier molecular flexibility index (Phi) is 3.71. The van der Waals surface area contributed by atoms with E-state index < -0.39 is 0 Å². The third-order valence-corrected chi connectivity index (χ3v) is 2.99. The molecule has 0 fully saturated rings. The minimum Gasteiger partial charge on any atom is -0.308 e. The average Bonchev–Trinajstić information content (AvgIpc) is 2.72. The van der Waals surface area contributed by atoms with E-state index in [1.54, 1.807) is 0 Å². The number of nitrogens with one attached hydrogen (secondary N) is 1. The molecule has 2 aromatic heterocycles. The van der Waals surface area contributed by atoms with Gasteiger partial charge >= 0.3 is 0 Å². The van der Waals surface area contributed by atoms with Gasteiger partial charge in [-0.15, -0.1) is 0 Å².